The number of hydrogen-bond acceptors (Lipinski definition) is 7. The Morgan fingerprint density at radius 2 is 2.00 bits per heavy atom. The van der Waals surface area contributed by atoms with Gasteiger partial charge in [-0.3, -0.25) is 5.10 Å². The van der Waals surface area contributed by atoms with Crippen LogP contribution < -0.4 is 10.2 Å². The average Bonchev–Trinajstić information content (AvgIpc) is 3.40. The number of ether oxygens (including phenoxy) is 1. The number of nitrogens with one attached hydrogen (secondary N) is 2. The first-order valence-corrected chi connectivity index (χ1v) is 10.3. The Balaban J connectivity index is 1.65. The molecule has 2 aromatic heterocycles. The minimum absolute atomic E-state index is 0.327. The number of hydrogen-bond donors (Lipinski definition) is 2. The van der Waals surface area contributed by atoms with Crippen molar-refractivity contribution in [2.75, 3.05) is 45.2 Å². The Hall–Kier alpha value is -2.91. The SMILES string of the molecule is COC(=O)NCc1cc(-c2sc(-c3ccccc3)nc2N2CCN(C)CC2)n[nH]1. The van der Waals surface area contributed by atoms with Crippen LogP contribution in [0.5, 0.6) is 0 Å². The Morgan fingerprint density at radius 1 is 1.24 bits per heavy atom. The van der Waals surface area contributed by atoms with Gasteiger partial charge in [-0.15, -0.1) is 11.3 Å². The summed E-state index contributed by atoms with van der Waals surface area (Å²) in [6.07, 6.45) is -0.469. The van der Waals surface area contributed by atoms with Gasteiger partial charge in [-0.1, -0.05) is 30.3 Å². The number of aromatic amines is 1. The van der Waals surface area contributed by atoms with E-state index in [1.807, 2.05) is 24.3 Å². The smallest absolute Gasteiger partial charge is 0.407 e. The summed E-state index contributed by atoms with van der Waals surface area (Å²) in [4.78, 5) is 22.0. The number of likely N-dealkylation sites (N-methyl/N-ethyl adjacent to an activating group) is 1. The summed E-state index contributed by atoms with van der Waals surface area (Å²) >= 11 is 1.64. The first kappa shape index (κ1) is 19.4. The Kier molecular flexibility index (Phi) is 5.77. The van der Waals surface area contributed by atoms with Gasteiger partial charge in [0.2, 0.25) is 0 Å². The normalized spacial score (nSPS) is 14.8. The maximum absolute atomic E-state index is 11.3. The number of aromatic nitrogens is 3. The fraction of sp³-hybridized carbons (Fsp3) is 0.350. The van der Waals surface area contributed by atoms with E-state index < -0.39 is 6.09 Å². The van der Waals surface area contributed by atoms with Crippen LogP contribution in [0, 0.1) is 0 Å². The van der Waals surface area contributed by atoms with Crippen molar-refractivity contribution in [3.8, 4) is 21.1 Å². The van der Waals surface area contributed by atoms with E-state index in [0.717, 1.165) is 58.8 Å². The summed E-state index contributed by atoms with van der Waals surface area (Å²) in [5.41, 5.74) is 2.74. The summed E-state index contributed by atoms with van der Waals surface area (Å²) in [5, 5.41) is 11.1. The molecule has 1 saturated heterocycles. The van der Waals surface area contributed by atoms with Crippen molar-refractivity contribution in [3.05, 3.63) is 42.1 Å². The van der Waals surface area contributed by atoms with Gasteiger partial charge in [0.15, 0.2) is 0 Å². The predicted molar refractivity (Wildman–Crippen MR) is 114 cm³/mol. The van der Waals surface area contributed by atoms with Gasteiger partial charge in [-0.2, -0.15) is 5.10 Å². The Morgan fingerprint density at radius 3 is 2.72 bits per heavy atom. The van der Waals surface area contributed by atoms with Crippen LogP contribution in [0.15, 0.2) is 36.4 Å². The molecule has 1 aliphatic rings. The summed E-state index contributed by atoms with van der Waals surface area (Å²) in [7, 11) is 3.49. The minimum atomic E-state index is -0.469. The number of piperazine rings is 1. The van der Waals surface area contributed by atoms with E-state index in [4.69, 9.17) is 4.98 Å². The zero-order valence-corrected chi connectivity index (χ0v) is 17.3. The highest BCUT2D eigenvalue weighted by Gasteiger charge is 2.24. The molecular weight excluding hydrogens is 388 g/mol. The number of amides is 1. The maximum Gasteiger partial charge on any atom is 0.407 e. The fourth-order valence-corrected chi connectivity index (χ4v) is 4.28. The van der Waals surface area contributed by atoms with E-state index in [0.29, 0.717) is 6.54 Å². The fourth-order valence-electron chi connectivity index (χ4n) is 3.22. The monoisotopic (exact) mass is 412 g/mol. The lowest BCUT2D eigenvalue weighted by Gasteiger charge is -2.33. The third-order valence-corrected chi connectivity index (χ3v) is 6.02. The first-order valence-electron chi connectivity index (χ1n) is 9.50. The molecule has 0 saturated carbocycles. The summed E-state index contributed by atoms with van der Waals surface area (Å²) in [6, 6.07) is 12.2. The molecule has 2 N–H and O–H groups in total. The molecule has 0 spiro atoms. The van der Waals surface area contributed by atoms with Gasteiger partial charge in [0.25, 0.3) is 0 Å². The van der Waals surface area contributed by atoms with Gasteiger partial charge in [-0.25, -0.2) is 9.78 Å². The zero-order chi connectivity index (χ0) is 20.2. The number of anilines is 1. The van der Waals surface area contributed by atoms with Crippen molar-refractivity contribution in [1.82, 2.24) is 25.4 Å². The summed E-state index contributed by atoms with van der Waals surface area (Å²) in [5.74, 6) is 0.973. The van der Waals surface area contributed by atoms with E-state index in [1.54, 1.807) is 11.3 Å². The van der Waals surface area contributed by atoms with E-state index in [2.05, 4.69) is 49.2 Å². The quantitative estimate of drug-likeness (QED) is 0.670. The van der Waals surface area contributed by atoms with Gasteiger partial charge in [-0.05, 0) is 13.1 Å². The van der Waals surface area contributed by atoms with Crippen LogP contribution >= 0.6 is 11.3 Å². The van der Waals surface area contributed by atoms with E-state index in [1.165, 1.54) is 7.11 Å². The molecule has 0 unspecified atom stereocenters. The van der Waals surface area contributed by atoms with Gasteiger partial charge in [0.05, 0.1) is 24.2 Å². The number of nitrogens with zero attached hydrogens (tertiary/aromatic N) is 4. The van der Waals surface area contributed by atoms with Crippen LogP contribution in [0.4, 0.5) is 10.6 Å². The molecule has 1 amide bonds. The number of rotatable bonds is 5. The molecule has 8 nitrogen and oxygen atoms in total. The van der Waals surface area contributed by atoms with Crippen molar-refractivity contribution < 1.29 is 9.53 Å². The second kappa shape index (κ2) is 8.62. The van der Waals surface area contributed by atoms with Crippen LogP contribution in [0.3, 0.4) is 0 Å². The maximum atomic E-state index is 11.3. The van der Waals surface area contributed by atoms with Gasteiger partial charge >= 0.3 is 6.09 Å². The molecule has 9 heteroatoms. The molecule has 0 atom stereocenters. The van der Waals surface area contributed by atoms with Crippen molar-refractivity contribution >= 4 is 23.2 Å². The minimum Gasteiger partial charge on any atom is -0.453 e. The van der Waals surface area contributed by atoms with Crippen LogP contribution in [0.1, 0.15) is 5.69 Å². The lowest BCUT2D eigenvalue weighted by atomic mass is 10.2. The third-order valence-electron chi connectivity index (χ3n) is 4.90. The standard InChI is InChI=1S/C20H24N6O2S/c1-25-8-10-26(11-9-25)18-17(29-19(22-18)14-6-4-3-5-7-14)16-12-15(23-24-16)13-21-20(27)28-2/h3-7,12H,8-11,13H2,1-2H3,(H,21,27)(H,23,24). The lowest BCUT2D eigenvalue weighted by molar-refractivity contribution is 0.170. The lowest BCUT2D eigenvalue weighted by Crippen LogP contribution is -2.44. The number of methoxy groups -OCH3 is 1. The van der Waals surface area contributed by atoms with Crippen LogP contribution in [0.25, 0.3) is 21.1 Å². The van der Waals surface area contributed by atoms with Crippen molar-refractivity contribution in [1.29, 1.82) is 0 Å². The first-order chi connectivity index (χ1) is 14.1. The predicted octanol–water partition coefficient (Wildman–Crippen LogP) is 2.81. The largest absolute Gasteiger partial charge is 0.453 e. The molecule has 4 rings (SSSR count). The molecule has 3 heterocycles. The van der Waals surface area contributed by atoms with Crippen LogP contribution in [0.2, 0.25) is 0 Å². The van der Waals surface area contributed by atoms with Gasteiger partial charge in [0.1, 0.15) is 16.5 Å². The van der Waals surface area contributed by atoms with E-state index in [-0.39, 0.29) is 0 Å². The molecule has 0 radical (unpaired) electrons. The summed E-state index contributed by atoms with van der Waals surface area (Å²) in [6.45, 7) is 4.21. The third kappa shape index (κ3) is 4.41. The average molecular weight is 413 g/mol. The molecule has 0 bridgehead atoms. The second-order valence-corrected chi connectivity index (χ2v) is 7.95. The van der Waals surface area contributed by atoms with Crippen LogP contribution in [-0.4, -0.2) is 66.5 Å². The van der Waals surface area contributed by atoms with Crippen molar-refractivity contribution in [2.45, 2.75) is 6.54 Å². The molecule has 0 aliphatic carbocycles. The second-order valence-electron chi connectivity index (χ2n) is 6.95. The van der Waals surface area contributed by atoms with Crippen molar-refractivity contribution in [2.24, 2.45) is 0 Å². The molecule has 29 heavy (non-hydrogen) atoms. The van der Waals surface area contributed by atoms with E-state index in [9.17, 15) is 4.79 Å². The molecule has 3 aromatic rings. The number of benzene rings is 1. The van der Waals surface area contributed by atoms with Crippen LogP contribution in [-0.2, 0) is 11.3 Å². The Bertz CT molecular complexity index is 963. The number of alkyl carbamates (subject to hydrolysis) is 1. The molecular formula is C20H24N6O2S. The number of carbonyl (C=O) groups is 1. The van der Waals surface area contributed by atoms with E-state index >= 15 is 0 Å². The summed E-state index contributed by atoms with van der Waals surface area (Å²) < 4.78 is 4.62. The molecule has 1 fully saturated rings. The molecule has 1 aromatic carbocycles. The van der Waals surface area contributed by atoms with Gasteiger partial charge in [0, 0.05) is 31.7 Å². The van der Waals surface area contributed by atoms with Gasteiger partial charge < -0.3 is 19.9 Å². The zero-order valence-electron chi connectivity index (χ0n) is 16.5. The number of carbonyl (C=O) groups excluding carboxylic acids is 1. The number of thiazole rings is 1. The van der Waals surface area contributed by atoms with Crippen molar-refractivity contribution in [3.63, 3.8) is 0 Å². The highest BCUT2D eigenvalue weighted by molar-refractivity contribution is 7.19. The highest BCUT2D eigenvalue weighted by atomic mass is 32.1. The molecule has 1 aliphatic heterocycles. The molecule has 152 valence electrons. The highest BCUT2D eigenvalue weighted by Crippen LogP contribution is 2.40. The Labute approximate surface area is 173 Å². The number of H-pyrrole nitrogens is 1. The topological polar surface area (TPSA) is 86.4 Å².